The monoisotopic (exact) mass is 200 g/mol. The van der Waals surface area contributed by atoms with Crippen molar-refractivity contribution in [2.75, 3.05) is 19.6 Å². The Hall–Kier alpha value is -0.610. The molecule has 82 valence electrons. The summed E-state index contributed by atoms with van der Waals surface area (Å²) in [6.45, 7) is 5.47. The molecule has 0 spiro atoms. The van der Waals surface area contributed by atoms with E-state index in [1.165, 1.54) is 0 Å². The van der Waals surface area contributed by atoms with Gasteiger partial charge in [0.15, 0.2) is 0 Å². The van der Waals surface area contributed by atoms with Crippen molar-refractivity contribution in [3.8, 4) is 0 Å². The van der Waals surface area contributed by atoms with Gasteiger partial charge >= 0.3 is 0 Å². The number of nitrogens with two attached hydrogens (primary N) is 1. The standard InChI is InChI=1S/C10H20N2O2/c1-7(5-11)10(14)12-4-3-9(6-12)8(2)13/h7-9,13H,3-6,11H2,1-2H3. The fourth-order valence-corrected chi connectivity index (χ4v) is 1.79. The summed E-state index contributed by atoms with van der Waals surface area (Å²) in [6, 6.07) is 0. The summed E-state index contributed by atoms with van der Waals surface area (Å²) in [5.41, 5.74) is 5.44. The van der Waals surface area contributed by atoms with Gasteiger partial charge in [-0.05, 0) is 13.3 Å². The number of carbonyl (C=O) groups is 1. The molecule has 1 heterocycles. The molecule has 1 aliphatic rings. The number of rotatable bonds is 3. The first-order valence-electron chi connectivity index (χ1n) is 5.23. The van der Waals surface area contributed by atoms with Gasteiger partial charge in [-0.3, -0.25) is 4.79 Å². The highest BCUT2D eigenvalue weighted by atomic mass is 16.3. The molecule has 0 aromatic rings. The van der Waals surface area contributed by atoms with Crippen molar-refractivity contribution in [1.82, 2.24) is 4.90 Å². The van der Waals surface area contributed by atoms with Crippen LogP contribution in [0.5, 0.6) is 0 Å². The highest BCUT2D eigenvalue weighted by molar-refractivity contribution is 5.79. The highest BCUT2D eigenvalue weighted by Gasteiger charge is 2.30. The molecule has 4 heteroatoms. The Balaban J connectivity index is 2.45. The predicted octanol–water partition coefficient (Wildman–Crippen LogP) is -0.189. The lowest BCUT2D eigenvalue weighted by Crippen LogP contribution is -2.37. The fourth-order valence-electron chi connectivity index (χ4n) is 1.79. The summed E-state index contributed by atoms with van der Waals surface area (Å²) in [5, 5.41) is 9.38. The van der Waals surface area contributed by atoms with Crippen molar-refractivity contribution in [2.24, 2.45) is 17.6 Å². The van der Waals surface area contributed by atoms with Gasteiger partial charge in [0.25, 0.3) is 0 Å². The lowest BCUT2D eigenvalue weighted by atomic mass is 10.0. The average molecular weight is 200 g/mol. The van der Waals surface area contributed by atoms with Gasteiger partial charge in [-0.25, -0.2) is 0 Å². The van der Waals surface area contributed by atoms with Crippen LogP contribution in [0.25, 0.3) is 0 Å². The summed E-state index contributed by atoms with van der Waals surface area (Å²) in [5.74, 6) is 0.266. The first-order valence-corrected chi connectivity index (χ1v) is 5.23. The quantitative estimate of drug-likeness (QED) is 0.663. The molecule has 1 amide bonds. The molecule has 1 rings (SSSR count). The highest BCUT2D eigenvalue weighted by Crippen LogP contribution is 2.20. The van der Waals surface area contributed by atoms with E-state index in [-0.39, 0.29) is 23.8 Å². The van der Waals surface area contributed by atoms with Crippen molar-refractivity contribution in [3.63, 3.8) is 0 Å². The maximum absolute atomic E-state index is 11.7. The third-order valence-electron chi connectivity index (χ3n) is 2.99. The van der Waals surface area contributed by atoms with E-state index in [2.05, 4.69) is 0 Å². The van der Waals surface area contributed by atoms with Gasteiger partial charge in [-0.1, -0.05) is 6.92 Å². The van der Waals surface area contributed by atoms with Crippen molar-refractivity contribution < 1.29 is 9.90 Å². The first-order chi connectivity index (χ1) is 6.56. The molecular weight excluding hydrogens is 180 g/mol. The van der Waals surface area contributed by atoms with Crippen LogP contribution in [0.3, 0.4) is 0 Å². The number of amides is 1. The number of aliphatic hydroxyl groups excluding tert-OH is 1. The minimum absolute atomic E-state index is 0.0947. The van der Waals surface area contributed by atoms with Crippen molar-refractivity contribution in [2.45, 2.75) is 26.4 Å². The number of carbonyl (C=O) groups excluding carboxylic acids is 1. The second-order valence-corrected chi connectivity index (χ2v) is 4.21. The molecule has 0 aromatic heterocycles. The molecule has 3 N–H and O–H groups in total. The molecule has 0 aromatic carbocycles. The number of aliphatic hydroxyl groups is 1. The minimum atomic E-state index is -0.319. The van der Waals surface area contributed by atoms with Gasteiger partial charge < -0.3 is 15.7 Å². The largest absolute Gasteiger partial charge is 0.393 e. The van der Waals surface area contributed by atoms with Gasteiger partial charge in [-0.15, -0.1) is 0 Å². The number of nitrogens with zero attached hydrogens (tertiary/aromatic N) is 1. The topological polar surface area (TPSA) is 66.6 Å². The maximum Gasteiger partial charge on any atom is 0.226 e. The van der Waals surface area contributed by atoms with Crippen LogP contribution < -0.4 is 5.73 Å². The zero-order chi connectivity index (χ0) is 10.7. The maximum atomic E-state index is 11.7. The fraction of sp³-hybridized carbons (Fsp3) is 0.900. The van der Waals surface area contributed by atoms with E-state index in [0.717, 1.165) is 13.0 Å². The zero-order valence-corrected chi connectivity index (χ0v) is 8.94. The van der Waals surface area contributed by atoms with Crippen molar-refractivity contribution in [3.05, 3.63) is 0 Å². The van der Waals surface area contributed by atoms with E-state index >= 15 is 0 Å². The summed E-state index contributed by atoms with van der Waals surface area (Å²) in [4.78, 5) is 13.5. The Kier molecular flexibility index (Phi) is 3.89. The Morgan fingerprint density at radius 3 is 2.71 bits per heavy atom. The van der Waals surface area contributed by atoms with Crippen molar-refractivity contribution in [1.29, 1.82) is 0 Å². The third-order valence-corrected chi connectivity index (χ3v) is 2.99. The van der Waals surface area contributed by atoms with E-state index in [9.17, 15) is 9.90 Å². The number of hydrogen-bond acceptors (Lipinski definition) is 3. The lowest BCUT2D eigenvalue weighted by Gasteiger charge is -2.20. The van der Waals surface area contributed by atoms with Crippen LogP contribution in [0.1, 0.15) is 20.3 Å². The summed E-state index contributed by atoms with van der Waals surface area (Å²) in [7, 11) is 0. The first kappa shape index (κ1) is 11.5. The van der Waals surface area contributed by atoms with Gasteiger partial charge in [-0.2, -0.15) is 0 Å². The predicted molar refractivity (Wildman–Crippen MR) is 54.6 cm³/mol. The van der Waals surface area contributed by atoms with Crippen molar-refractivity contribution >= 4 is 5.91 Å². The Bertz CT molecular complexity index is 206. The van der Waals surface area contributed by atoms with Gasteiger partial charge in [0, 0.05) is 31.5 Å². The van der Waals surface area contributed by atoms with E-state index in [1.54, 1.807) is 6.92 Å². The second kappa shape index (κ2) is 4.75. The third kappa shape index (κ3) is 2.45. The molecule has 14 heavy (non-hydrogen) atoms. The SMILES string of the molecule is CC(CN)C(=O)N1CCC(C(C)O)C1. The number of hydrogen-bond donors (Lipinski definition) is 2. The summed E-state index contributed by atoms with van der Waals surface area (Å²) >= 11 is 0. The summed E-state index contributed by atoms with van der Waals surface area (Å²) in [6.07, 6.45) is 0.585. The van der Waals surface area contributed by atoms with Crippen LogP contribution >= 0.6 is 0 Å². The average Bonchev–Trinajstić information content (AvgIpc) is 2.64. The smallest absolute Gasteiger partial charge is 0.226 e. The Morgan fingerprint density at radius 2 is 2.29 bits per heavy atom. The van der Waals surface area contributed by atoms with Gasteiger partial charge in [0.1, 0.15) is 0 Å². The Morgan fingerprint density at radius 1 is 1.64 bits per heavy atom. The molecule has 1 fully saturated rings. The van der Waals surface area contributed by atoms with Gasteiger partial charge in [0.05, 0.1) is 6.10 Å². The normalized spacial score (nSPS) is 26.3. The molecule has 3 atom stereocenters. The van der Waals surface area contributed by atoms with Crippen LogP contribution in [-0.2, 0) is 4.79 Å². The van der Waals surface area contributed by atoms with Crippen LogP contribution in [0.2, 0.25) is 0 Å². The molecule has 1 aliphatic heterocycles. The molecule has 4 nitrogen and oxygen atoms in total. The van der Waals surface area contributed by atoms with Crippen LogP contribution in [0.4, 0.5) is 0 Å². The molecule has 3 unspecified atom stereocenters. The van der Waals surface area contributed by atoms with Crippen LogP contribution in [0, 0.1) is 11.8 Å². The van der Waals surface area contributed by atoms with E-state index in [1.807, 2.05) is 11.8 Å². The minimum Gasteiger partial charge on any atom is -0.393 e. The molecule has 1 saturated heterocycles. The summed E-state index contributed by atoms with van der Waals surface area (Å²) < 4.78 is 0. The van der Waals surface area contributed by atoms with Gasteiger partial charge in [0.2, 0.25) is 5.91 Å². The van der Waals surface area contributed by atoms with E-state index in [0.29, 0.717) is 13.1 Å². The van der Waals surface area contributed by atoms with Crippen LogP contribution in [-0.4, -0.2) is 41.7 Å². The number of likely N-dealkylation sites (tertiary alicyclic amines) is 1. The molecule has 0 saturated carbocycles. The zero-order valence-electron chi connectivity index (χ0n) is 8.94. The second-order valence-electron chi connectivity index (χ2n) is 4.21. The molecule has 0 bridgehead atoms. The Labute approximate surface area is 85.1 Å². The van der Waals surface area contributed by atoms with Crippen LogP contribution in [0.15, 0.2) is 0 Å². The lowest BCUT2D eigenvalue weighted by molar-refractivity contribution is -0.133. The molecule has 0 aliphatic carbocycles. The van der Waals surface area contributed by atoms with E-state index < -0.39 is 0 Å². The van der Waals surface area contributed by atoms with E-state index in [4.69, 9.17) is 5.73 Å². The molecular formula is C10H20N2O2. The molecule has 0 radical (unpaired) electrons.